The van der Waals surface area contributed by atoms with E-state index in [-0.39, 0.29) is 23.3 Å². The summed E-state index contributed by atoms with van der Waals surface area (Å²) in [6.07, 6.45) is 3.61. The van der Waals surface area contributed by atoms with Crippen molar-refractivity contribution in [2.45, 2.75) is 45.3 Å². The van der Waals surface area contributed by atoms with Crippen LogP contribution in [-0.4, -0.2) is 56.2 Å². The highest BCUT2D eigenvalue weighted by Crippen LogP contribution is 2.38. The molecular formula is C12H25NO3S. The van der Waals surface area contributed by atoms with Crippen molar-refractivity contribution in [3.63, 3.8) is 0 Å². The number of hydrogen-bond donors (Lipinski definition) is 1. The van der Waals surface area contributed by atoms with Crippen molar-refractivity contribution in [3.8, 4) is 0 Å². The number of rotatable bonds is 4. The molecular weight excluding hydrogens is 238 g/mol. The lowest BCUT2D eigenvalue weighted by molar-refractivity contribution is 0.00109. The summed E-state index contributed by atoms with van der Waals surface area (Å²) in [4.78, 5) is 2.09. The standard InChI is InChI=1S/C12H25NO3S/c1-12(2)6-5-10(14)9-11(12)13(3)7-8-17(4,15)16/h10-11,14H,5-9H2,1-4H3. The van der Waals surface area contributed by atoms with Crippen LogP contribution in [0.1, 0.15) is 33.1 Å². The second kappa shape index (κ2) is 5.24. The van der Waals surface area contributed by atoms with Crippen LogP contribution in [0.2, 0.25) is 0 Å². The molecule has 0 amide bonds. The fraction of sp³-hybridized carbons (Fsp3) is 1.00. The molecule has 0 heterocycles. The second-order valence-corrected chi connectivity index (χ2v) is 8.30. The molecule has 1 saturated carbocycles. The van der Waals surface area contributed by atoms with Crippen molar-refractivity contribution >= 4 is 9.84 Å². The Labute approximate surface area is 105 Å². The Morgan fingerprint density at radius 2 is 2.00 bits per heavy atom. The van der Waals surface area contributed by atoms with E-state index in [0.29, 0.717) is 6.54 Å². The van der Waals surface area contributed by atoms with Gasteiger partial charge in [-0.3, -0.25) is 0 Å². The van der Waals surface area contributed by atoms with E-state index < -0.39 is 9.84 Å². The van der Waals surface area contributed by atoms with E-state index in [1.807, 2.05) is 7.05 Å². The second-order valence-electron chi connectivity index (χ2n) is 6.04. The van der Waals surface area contributed by atoms with E-state index in [2.05, 4.69) is 18.7 Å². The molecule has 0 radical (unpaired) electrons. The van der Waals surface area contributed by atoms with Crippen LogP contribution >= 0.6 is 0 Å². The maximum atomic E-state index is 11.2. The fourth-order valence-electron chi connectivity index (χ4n) is 2.64. The van der Waals surface area contributed by atoms with E-state index in [0.717, 1.165) is 19.3 Å². The van der Waals surface area contributed by atoms with Gasteiger partial charge in [0.05, 0.1) is 11.9 Å². The van der Waals surface area contributed by atoms with Crippen LogP contribution in [0.4, 0.5) is 0 Å². The molecule has 4 nitrogen and oxygen atoms in total. The molecule has 0 saturated heterocycles. The van der Waals surface area contributed by atoms with Crippen molar-refractivity contribution in [1.29, 1.82) is 0 Å². The van der Waals surface area contributed by atoms with Crippen LogP contribution in [0.3, 0.4) is 0 Å². The molecule has 2 atom stereocenters. The van der Waals surface area contributed by atoms with Gasteiger partial charge in [-0.15, -0.1) is 0 Å². The Kier molecular flexibility index (Phi) is 4.60. The molecule has 0 bridgehead atoms. The average molecular weight is 263 g/mol. The molecule has 1 fully saturated rings. The first kappa shape index (κ1) is 14.9. The average Bonchev–Trinajstić information content (AvgIpc) is 2.17. The van der Waals surface area contributed by atoms with Crippen LogP contribution in [0, 0.1) is 5.41 Å². The third-order valence-corrected chi connectivity index (χ3v) is 4.79. The minimum absolute atomic E-state index is 0.144. The number of sulfone groups is 1. The first-order valence-electron chi connectivity index (χ1n) is 6.18. The van der Waals surface area contributed by atoms with Gasteiger partial charge in [-0.1, -0.05) is 13.8 Å². The topological polar surface area (TPSA) is 57.6 Å². The van der Waals surface area contributed by atoms with E-state index in [4.69, 9.17) is 0 Å². The lowest BCUT2D eigenvalue weighted by Gasteiger charge is -2.45. The summed E-state index contributed by atoms with van der Waals surface area (Å²) in [7, 11) is -0.959. The van der Waals surface area contributed by atoms with Crippen LogP contribution < -0.4 is 0 Å². The number of nitrogens with zero attached hydrogens (tertiary/aromatic N) is 1. The number of aliphatic hydroxyl groups excluding tert-OH is 1. The maximum absolute atomic E-state index is 11.2. The summed E-state index contributed by atoms with van der Waals surface area (Å²) < 4.78 is 22.3. The van der Waals surface area contributed by atoms with Crippen LogP contribution in [-0.2, 0) is 9.84 Å². The molecule has 1 rings (SSSR count). The molecule has 17 heavy (non-hydrogen) atoms. The minimum Gasteiger partial charge on any atom is -0.393 e. The van der Waals surface area contributed by atoms with Crippen molar-refractivity contribution in [2.75, 3.05) is 25.6 Å². The fourth-order valence-corrected chi connectivity index (χ4v) is 3.26. The Balaban J connectivity index is 2.62. The molecule has 102 valence electrons. The van der Waals surface area contributed by atoms with Gasteiger partial charge in [-0.25, -0.2) is 8.42 Å². The Morgan fingerprint density at radius 1 is 1.41 bits per heavy atom. The lowest BCUT2D eigenvalue weighted by atomic mass is 9.71. The third kappa shape index (κ3) is 4.56. The predicted molar refractivity (Wildman–Crippen MR) is 69.8 cm³/mol. The first-order chi connectivity index (χ1) is 7.62. The predicted octanol–water partition coefficient (Wildman–Crippen LogP) is 0.902. The van der Waals surface area contributed by atoms with Crippen molar-refractivity contribution in [1.82, 2.24) is 4.90 Å². The summed E-state index contributed by atoms with van der Waals surface area (Å²) in [5.74, 6) is 0.187. The van der Waals surface area contributed by atoms with Crippen LogP contribution in [0.5, 0.6) is 0 Å². The van der Waals surface area contributed by atoms with E-state index >= 15 is 0 Å². The van der Waals surface area contributed by atoms with Crippen molar-refractivity contribution in [2.24, 2.45) is 5.41 Å². The summed E-state index contributed by atoms with van der Waals surface area (Å²) in [5, 5.41) is 9.74. The molecule has 0 spiro atoms. The Bertz CT molecular complexity index is 351. The monoisotopic (exact) mass is 263 g/mol. The third-order valence-electron chi connectivity index (χ3n) is 3.87. The maximum Gasteiger partial charge on any atom is 0.148 e. The number of aliphatic hydroxyl groups is 1. The van der Waals surface area contributed by atoms with Gasteiger partial charge in [0.1, 0.15) is 9.84 Å². The van der Waals surface area contributed by atoms with Crippen molar-refractivity contribution in [3.05, 3.63) is 0 Å². The zero-order chi connectivity index (χ0) is 13.3. The lowest BCUT2D eigenvalue weighted by Crippen LogP contribution is -2.49. The summed E-state index contributed by atoms with van der Waals surface area (Å²) >= 11 is 0. The summed E-state index contributed by atoms with van der Waals surface area (Å²) in [5.41, 5.74) is 0.144. The van der Waals surface area contributed by atoms with Gasteiger partial charge in [0, 0.05) is 18.8 Å². The highest BCUT2D eigenvalue weighted by molar-refractivity contribution is 7.90. The van der Waals surface area contributed by atoms with Gasteiger partial charge in [0.15, 0.2) is 0 Å². The molecule has 1 N–H and O–H groups in total. The van der Waals surface area contributed by atoms with Gasteiger partial charge in [0.25, 0.3) is 0 Å². The molecule has 1 aliphatic carbocycles. The normalized spacial score (nSPS) is 29.5. The minimum atomic E-state index is -2.91. The molecule has 0 aromatic carbocycles. The SMILES string of the molecule is CN(CCS(C)(=O)=O)C1CC(O)CCC1(C)C. The highest BCUT2D eigenvalue weighted by atomic mass is 32.2. The largest absolute Gasteiger partial charge is 0.393 e. The molecule has 5 heteroatoms. The van der Waals surface area contributed by atoms with Gasteiger partial charge in [0.2, 0.25) is 0 Å². The smallest absolute Gasteiger partial charge is 0.148 e. The van der Waals surface area contributed by atoms with E-state index in [9.17, 15) is 13.5 Å². The van der Waals surface area contributed by atoms with Gasteiger partial charge in [-0.05, 0) is 31.7 Å². The Hall–Kier alpha value is -0.130. The molecule has 0 aliphatic heterocycles. The zero-order valence-corrected chi connectivity index (χ0v) is 12.1. The first-order valence-corrected chi connectivity index (χ1v) is 8.24. The molecule has 1 aliphatic rings. The van der Waals surface area contributed by atoms with E-state index in [1.54, 1.807) is 0 Å². The van der Waals surface area contributed by atoms with Gasteiger partial charge in [-0.2, -0.15) is 0 Å². The Morgan fingerprint density at radius 3 is 2.53 bits per heavy atom. The van der Waals surface area contributed by atoms with Crippen LogP contribution in [0.25, 0.3) is 0 Å². The van der Waals surface area contributed by atoms with Crippen LogP contribution in [0.15, 0.2) is 0 Å². The zero-order valence-electron chi connectivity index (χ0n) is 11.3. The molecule has 0 aromatic rings. The van der Waals surface area contributed by atoms with Crippen molar-refractivity contribution < 1.29 is 13.5 Å². The summed E-state index contributed by atoms with van der Waals surface area (Å²) in [6.45, 7) is 4.93. The van der Waals surface area contributed by atoms with Gasteiger partial charge < -0.3 is 10.0 Å². The summed E-state index contributed by atoms with van der Waals surface area (Å²) in [6, 6.07) is 0.257. The quantitative estimate of drug-likeness (QED) is 0.819. The molecule has 2 unspecified atom stereocenters. The van der Waals surface area contributed by atoms with E-state index in [1.165, 1.54) is 6.26 Å². The molecule has 0 aromatic heterocycles. The van der Waals surface area contributed by atoms with Gasteiger partial charge >= 0.3 is 0 Å². The highest BCUT2D eigenvalue weighted by Gasteiger charge is 2.38. The number of hydrogen-bond acceptors (Lipinski definition) is 4.